The maximum atomic E-state index is 6.10. The molecule has 0 bridgehead atoms. The van der Waals surface area contributed by atoms with Gasteiger partial charge >= 0.3 is 0 Å². The zero-order valence-corrected chi connectivity index (χ0v) is 13.8. The highest BCUT2D eigenvalue weighted by atomic mass is 79.9. The molecule has 0 spiro atoms. The van der Waals surface area contributed by atoms with Gasteiger partial charge in [0.05, 0.1) is 21.3 Å². The summed E-state index contributed by atoms with van der Waals surface area (Å²) in [5.74, 6) is 0.416. The number of nitrogens with one attached hydrogen (secondary N) is 1. The van der Waals surface area contributed by atoms with E-state index in [4.69, 9.17) is 28.9 Å². The van der Waals surface area contributed by atoms with Gasteiger partial charge in [-0.05, 0) is 23.8 Å². The first-order valence-electron chi connectivity index (χ1n) is 6.12. The van der Waals surface area contributed by atoms with Gasteiger partial charge in [0.1, 0.15) is 0 Å². The molecule has 0 saturated heterocycles. The van der Waals surface area contributed by atoms with Crippen LogP contribution in [0.5, 0.6) is 0 Å². The average molecular weight is 383 g/mol. The molecule has 2 aromatic carbocycles. The lowest BCUT2D eigenvalue weighted by Crippen LogP contribution is -1.89. The van der Waals surface area contributed by atoms with Crippen LogP contribution in [-0.4, -0.2) is 10.2 Å². The van der Waals surface area contributed by atoms with Gasteiger partial charge in [-0.25, -0.2) is 0 Å². The van der Waals surface area contributed by atoms with Crippen LogP contribution in [0.4, 0.5) is 5.82 Å². The van der Waals surface area contributed by atoms with E-state index < -0.39 is 0 Å². The Balaban J connectivity index is 2.22. The summed E-state index contributed by atoms with van der Waals surface area (Å²) in [4.78, 5) is 0. The number of halogens is 3. The molecule has 0 aliphatic carbocycles. The van der Waals surface area contributed by atoms with Crippen molar-refractivity contribution in [3.8, 4) is 22.4 Å². The minimum atomic E-state index is 0.416. The highest BCUT2D eigenvalue weighted by Crippen LogP contribution is 2.39. The number of anilines is 1. The fraction of sp³-hybridized carbons (Fsp3) is 0. The van der Waals surface area contributed by atoms with E-state index in [1.165, 1.54) is 0 Å². The van der Waals surface area contributed by atoms with Crippen molar-refractivity contribution < 1.29 is 0 Å². The highest BCUT2D eigenvalue weighted by molar-refractivity contribution is 9.10. The summed E-state index contributed by atoms with van der Waals surface area (Å²) in [5.41, 5.74) is 9.49. The Kier molecular flexibility index (Phi) is 3.93. The number of H-pyrrole nitrogens is 1. The van der Waals surface area contributed by atoms with Crippen LogP contribution in [0.15, 0.2) is 46.9 Å². The van der Waals surface area contributed by atoms with Crippen molar-refractivity contribution in [2.24, 2.45) is 0 Å². The van der Waals surface area contributed by atoms with E-state index in [0.717, 1.165) is 26.9 Å². The quantitative estimate of drug-likeness (QED) is 0.623. The minimum absolute atomic E-state index is 0.416. The number of benzene rings is 2. The van der Waals surface area contributed by atoms with Crippen molar-refractivity contribution >= 4 is 44.9 Å². The van der Waals surface area contributed by atoms with Crippen LogP contribution in [0, 0.1) is 0 Å². The smallest absolute Gasteiger partial charge is 0.153 e. The first kappa shape index (κ1) is 14.4. The second kappa shape index (κ2) is 5.72. The van der Waals surface area contributed by atoms with E-state index in [-0.39, 0.29) is 0 Å². The fourth-order valence-electron chi connectivity index (χ4n) is 2.16. The molecule has 0 aliphatic rings. The summed E-state index contributed by atoms with van der Waals surface area (Å²) in [6, 6.07) is 13.3. The molecular formula is C15H10BrCl2N3. The summed E-state index contributed by atoms with van der Waals surface area (Å²) in [5, 5.41) is 8.09. The van der Waals surface area contributed by atoms with Crippen LogP contribution in [0.3, 0.4) is 0 Å². The molecular weight excluding hydrogens is 373 g/mol. The third kappa shape index (κ3) is 2.67. The molecule has 0 fully saturated rings. The Hall–Kier alpha value is -1.49. The zero-order chi connectivity index (χ0) is 15.0. The van der Waals surface area contributed by atoms with Crippen molar-refractivity contribution in [2.75, 3.05) is 5.73 Å². The predicted molar refractivity (Wildman–Crippen MR) is 91.6 cm³/mol. The molecule has 3 rings (SSSR count). The van der Waals surface area contributed by atoms with Gasteiger partial charge in [-0.1, -0.05) is 63.4 Å². The standard InChI is InChI=1S/C15H10BrCl2N3/c16-10-4-2-1-3-9(10)14-13(15(19)21-20-14)8-5-6-11(17)12(18)7-8/h1-7H,(H3,19,20,21). The van der Waals surface area contributed by atoms with Gasteiger partial charge in [-0.15, -0.1) is 0 Å². The van der Waals surface area contributed by atoms with Gasteiger partial charge in [-0.3, -0.25) is 5.10 Å². The maximum Gasteiger partial charge on any atom is 0.153 e. The lowest BCUT2D eigenvalue weighted by atomic mass is 10.0. The Morgan fingerprint density at radius 1 is 1.05 bits per heavy atom. The van der Waals surface area contributed by atoms with Crippen molar-refractivity contribution in [1.29, 1.82) is 0 Å². The summed E-state index contributed by atoms with van der Waals surface area (Å²) in [6.07, 6.45) is 0. The molecule has 3 nitrogen and oxygen atoms in total. The number of aromatic amines is 1. The lowest BCUT2D eigenvalue weighted by molar-refractivity contribution is 1.10. The SMILES string of the molecule is Nc1n[nH]c(-c2ccccc2Br)c1-c1ccc(Cl)c(Cl)c1. The summed E-state index contributed by atoms with van der Waals surface area (Å²) >= 11 is 15.6. The number of nitrogens with two attached hydrogens (primary N) is 1. The van der Waals surface area contributed by atoms with Crippen molar-refractivity contribution in [2.45, 2.75) is 0 Å². The monoisotopic (exact) mass is 381 g/mol. The largest absolute Gasteiger partial charge is 0.382 e. The molecule has 0 atom stereocenters. The number of hydrogen-bond donors (Lipinski definition) is 2. The summed E-state index contributed by atoms with van der Waals surface area (Å²) < 4.78 is 0.954. The van der Waals surface area contributed by atoms with Gasteiger partial charge < -0.3 is 5.73 Å². The van der Waals surface area contributed by atoms with Crippen LogP contribution < -0.4 is 5.73 Å². The van der Waals surface area contributed by atoms with Crippen LogP contribution in [-0.2, 0) is 0 Å². The van der Waals surface area contributed by atoms with E-state index in [2.05, 4.69) is 26.1 Å². The fourth-order valence-corrected chi connectivity index (χ4v) is 2.94. The van der Waals surface area contributed by atoms with E-state index in [0.29, 0.717) is 15.9 Å². The molecule has 106 valence electrons. The first-order chi connectivity index (χ1) is 10.1. The van der Waals surface area contributed by atoms with Crippen molar-refractivity contribution in [1.82, 2.24) is 10.2 Å². The molecule has 1 aromatic heterocycles. The second-order valence-electron chi connectivity index (χ2n) is 4.47. The van der Waals surface area contributed by atoms with Crippen LogP contribution in [0.25, 0.3) is 22.4 Å². The van der Waals surface area contributed by atoms with E-state index in [1.807, 2.05) is 30.3 Å². The summed E-state index contributed by atoms with van der Waals surface area (Å²) in [7, 11) is 0. The normalized spacial score (nSPS) is 10.8. The lowest BCUT2D eigenvalue weighted by Gasteiger charge is -2.07. The van der Waals surface area contributed by atoms with Gasteiger partial charge in [0.2, 0.25) is 0 Å². The second-order valence-corrected chi connectivity index (χ2v) is 6.14. The third-order valence-electron chi connectivity index (χ3n) is 3.15. The molecule has 0 amide bonds. The van der Waals surface area contributed by atoms with Crippen LogP contribution >= 0.6 is 39.1 Å². The van der Waals surface area contributed by atoms with Crippen molar-refractivity contribution in [3.05, 3.63) is 57.0 Å². The molecule has 0 saturated carbocycles. The zero-order valence-electron chi connectivity index (χ0n) is 10.7. The molecule has 0 aliphatic heterocycles. The molecule has 0 radical (unpaired) electrons. The van der Waals surface area contributed by atoms with Gasteiger partial charge in [0, 0.05) is 10.0 Å². The van der Waals surface area contributed by atoms with E-state index in [1.54, 1.807) is 12.1 Å². The Labute approximate surface area is 140 Å². The van der Waals surface area contributed by atoms with Crippen LogP contribution in [0.2, 0.25) is 10.0 Å². The van der Waals surface area contributed by atoms with Gasteiger partial charge in [-0.2, -0.15) is 5.10 Å². The Bertz CT molecular complexity index is 814. The molecule has 3 N–H and O–H groups in total. The number of rotatable bonds is 2. The molecule has 6 heteroatoms. The molecule has 0 unspecified atom stereocenters. The Morgan fingerprint density at radius 3 is 2.52 bits per heavy atom. The molecule has 1 heterocycles. The minimum Gasteiger partial charge on any atom is -0.382 e. The topological polar surface area (TPSA) is 54.7 Å². The number of aromatic nitrogens is 2. The molecule has 3 aromatic rings. The third-order valence-corrected chi connectivity index (χ3v) is 4.58. The van der Waals surface area contributed by atoms with E-state index >= 15 is 0 Å². The van der Waals surface area contributed by atoms with E-state index in [9.17, 15) is 0 Å². The average Bonchev–Trinajstić information content (AvgIpc) is 2.84. The highest BCUT2D eigenvalue weighted by Gasteiger charge is 2.17. The Morgan fingerprint density at radius 2 is 1.81 bits per heavy atom. The predicted octanol–water partition coefficient (Wildman–Crippen LogP) is 5.40. The summed E-state index contributed by atoms with van der Waals surface area (Å²) in [6.45, 7) is 0. The maximum absolute atomic E-state index is 6.10. The molecule has 21 heavy (non-hydrogen) atoms. The van der Waals surface area contributed by atoms with Crippen LogP contribution in [0.1, 0.15) is 0 Å². The first-order valence-corrected chi connectivity index (χ1v) is 7.67. The van der Waals surface area contributed by atoms with Gasteiger partial charge in [0.25, 0.3) is 0 Å². The number of nitrogen functional groups attached to an aromatic ring is 1. The number of hydrogen-bond acceptors (Lipinski definition) is 2. The van der Waals surface area contributed by atoms with Crippen molar-refractivity contribution in [3.63, 3.8) is 0 Å². The van der Waals surface area contributed by atoms with Gasteiger partial charge in [0.15, 0.2) is 5.82 Å². The number of nitrogens with zero attached hydrogens (tertiary/aromatic N) is 1.